The van der Waals surface area contributed by atoms with Gasteiger partial charge in [-0.25, -0.2) is 4.79 Å². The predicted molar refractivity (Wildman–Crippen MR) is 172 cm³/mol. The molecule has 4 heteroatoms. The highest BCUT2D eigenvalue weighted by Gasteiger charge is 2.54. The van der Waals surface area contributed by atoms with E-state index in [4.69, 9.17) is 5.11 Å². The number of aliphatic hydroxyl groups is 1. The fourth-order valence-corrected chi connectivity index (χ4v) is 8.42. The number of aromatic hydroxyl groups is 1. The number of allylic oxidation sites excluding steroid dienone is 9. The molecule has 4 aliphatic rings. The molecule has 5 atom stereocenters. The molecule has 228 valence electrons. The molecule has 2 fully saturated rings. The van der Waals surface area contributed by atoms with Crippen LogP contribution in [0.5, 0.6) is 5.75 Å². The van der Waals surface area contributed by atoms with Crippen LogP contribution in [0.3, 0.4) is 0 Å². The number of aliphatic carboxylic acids is 1. The van der Waals surface area contributed by atoms with Gasteiger partial charge in [0.05, 0.1) is 6.10 Å². The maximum absolute atomic E-state index is 10.5. The van der Waals surface area contributed by atoms with Crippen molar-refractivity contribution in [1.29, 1.82) is 0 Å². The Balaban J connectivity index is 0.000000193. The van der Waals surface area contributed by atoms with Crippen molar-refractivity contribution in [1.82, 2.24) is 0 Å². The Morgan fingerprint density at radius 1 is 0.976 bits per heavy atom. The molecule has 4 aliphatic carbocycles. The van der Waals surface area contributed by atoms with Crippen LogP contribution in [-0.2, 0) is 11.2 Å². The topological polar surface area (TPSA) is 77.8 Å². The fourth-order valence-electron chi connectivity index (χ4n) is 8.42. The third-order valence-electron chi connectivity index (χ3n) is 10.8. The van der Waals surface area contributed by atoms with E-state index in [1.165, 1.54) is 66.9 Å². The molecule has 0 aliphatic heterocycles. The summed E-state index contributed by atoms with van der Waals surface area (Å²) >= 11 is 0. The Morgan fingerprint density at radius 3 is 2.45 bits per heavy atom. The maximum Gasteiger partial charge on any atom is 0.328 e. The quantitative estimate of drug-likeness (QED) is 0.243. The standard InChI is InChI=1S/C20H28O2.C18H24O2/c1-15(8-6-9-16(2)14-19(21)22)11-12-18-17(3)10-7-13-20(18,4)5;1-18-9-8-14-13-5-3-12(19)10-11(13)2-4-15(14)16(18)6-7-17(18)20/h6,8-9,11-12,14H,7,10,13H2,1-5H3,(H,21,22);3,5,10,14-17,19-20H,2,4,6-9H2,1H3/b9-6+,12-11+,15-8+,16-14+;/t;14-,15-,16+,17+,18+/m.1/s1. The first-order chi connectivity index (χ1) is 19.8. The first kappa shape index (κ1) is 32.1. The van der Waals surface area contributed by atoms with E-state index in [0.717, 1.165) is 36.3 Å². The summed E-state index contributed by atoms with van der Waals surface area (Å²) < 4.78 is 0. The molecule has 0 saturated heterocycles. The molecule has 1 aromatic carbocycles. The molecule has 4 nitrogen and oxygen atoms in total. The van der Waals surface area contributed by atoms with Crippen molar-refractivity contribution in [3.8, 4) is 5.75 Å². The summed E-state index contributed by atoms with van der Waals surface area (Å²) in [6, 6.07) is 5.96. The number of aliphatic hydroxyl groups excluding tert-OH is 1. The molecule has 0 heterocycles. The molecule has 2 saturated carbocycles. The monoisotopic (exact) mass is 572 g/mol. The molecule has 1 aromatic rings. The molecular weight excluding hydrogens is 520 g/mol. The average molecular weight is 573 g/mol. The third-order valence-corrected chi connectivity index (χ3v) is 10.8. The summed E-state index contributed by atoms with van der Waals surface area (Å²) in [5, 5.41) is 28.7. The van der Waals surface area contributed by atoms with Gasteiger partial charge in [-0.05, 0) is 142 Å². The van der Waals surface area contributed by atoms with Crippen LogP contribution in [0.2, 0.25) is 0 Å². The highest BCUT2D eigenvalue weighted by Crippen LogP contribution is 2.60. The molecule has 0 radical (unpaired) electrons. The van der Waals surface area contributed by atoms with Crippen LogP contribution in [-0.4, -0.2) is 27.4 Å². The lowest BCUT2D eigenvalue weighted by Gasteiger charge is -2.50. The van der Waals surface area contributed by atoms with Crippen molar-refractivity contribution in [3.63, 3.8) is 0 Å². The first-order valence-corrected chi connectivity index (χ1v) is 16.0. The van der Waals surface area contributed by atoms with E-state index in [-0.39, 0.29) is 16.9 Å². The SMILES string of the molecule is CC1=C(/C=C/C(C)=C/C=C/C(C)=C/C(=O)O)C(C)(C)CCC1.C[C@]12CC[C@@H]3c4ccc(O)cc4CC[C@H]3[C@@H]1CC[C@@H]2O. The molecule has 0 bridgehead atoms. The van der Waals surface area contributed by atoms with Gasteiger partial charge in [-0.1, -0.05) is 68.4 Å². The summed E-state index contributed by atoms with van der Waals surface area (Å²) in [5.74, 6) is 1.58. The summed E-state index contributed by atoms with van der Waals surface area (Å²) in [6.07, 6.45) is 21.8. The van der Waals surface area contributed by atoms with Crippen molar-refractivity contribution < 1.29 is 20.1 Å². The van der Waals surface area contributed by atoms with Gasteiger partial charge in [-0.15, -0.1) is 0 Å². The van der Waals surface area contributed by atoms with Gasteiger partial charge >= 0.3 is 5.97 Å². The first-order valence-electron chi connectivity index (χ1n) is 16.0. The van der Waals surface area contributed by atoms with Crippen LogP contribution in [0.25, 0.3) is 0 Å². The lowest BCUT2D eigenvalue weighted by Crippen LogP contribution is -2.43. The van der Waals surface area contributed by atoms with Crippen LogP contribution in [0.15, 0.2) is 76.9 Å². The maximum atomic E-state index is 10.5. The van der Waals surface area contributed by atoms with E-state index in [9.17, 15) is 15.0 Å². The van der Waals surface area contributed by atoms with Crippen LogP contribution in [0.1, 0.15) is 110 Å². The van der Waals surface area contributed by atoms with Crippen molar-refractivity contribution in [2.45, 2.75) is 111 Å². The van der Waals surface area contributed by atoms with Crippen LogP contribution in [0.4, 0.5) is 0 Å². The van der Waals surface area contributed by atoms with Crippen molar-refractivity contribution in [3.05, 3.63) is 88.1 Å². The molecule has 42 heavy (non-hydrogen) atoms. The number of hydrogen-bond donors (Lipinski definition) is 3. The lowest BCUT2D eigenvalue weighted by molar-refractivity contribution is -0.131. The number of benzene rings is 1. The smallest absolute Gasteiger partial charge is 0.328 e. The number of carboxylic acids is 1. The predicted octanol–water partition coefficient (Wildman–Crippen LogP) is 9.21. The lowest BCUT2D eigenvalue weighted by atomic mass is 9.55. The van der Waals surface area contributed by atoms with Gasteiger partial charge in [0.1, 0.15) is 5.75 Å². The minimum atomic E-state index is -0.912. The number of hydrogen-bond acceptors (Lipinski definition) is 3. The summed E-state index contributed by atoms with van der Waals surface area (Å²) in [5.41, 5.74) is 8.09. The minimum absolute atomic E-state index is 0.0883. The minimum Gasteiger partial charge on any atom is -0.508 e. The van der Waals surface area contributed by atoms with Gasteiger partial charge in [-0.2, -0.15) is 0 Å². The Kier molecular flexibility index (Phi) is 10.1. The Hall–Kier alpha value is -2.85. The largest absolute Gasteiger partial charge is 0.508 e. The number of carbonyl (C=O) groups is 1. The Morgan fingerprint density at radius 2 is 1.74 bits per heavy atom. The van der Waals surface area contributed by atoms with Gasteiger partial charge in [0, 0.05) is 6.08 Å². The second-order valence-electron chi connectivity index (χ2n) is 14.2. The second-order valence-corrected chi connectivity index (χ2v) is 14.2. The van der Waals surface area contributed by atoms with E-state index in [1.54, 1.807) is 13.0 Å². The van der Waals surface area contributed by atoms with Crippen LogP contribution in [0, 0.1) is 22.7 Å². The molecule has 3 N–H and O–H groups in total. The molecule has 0 amide bonds. The van der Waals surface area contributed by atoms with Gasteiger partial charge in [0.2, 0.25) is 0 Å². The van der Waals surface area contributed by atoms with Gasteiger partial charge < -0.3 is 15.3 Å². The molecule has 5 rings (SSSR count). The zero-order valence-corrected chi connectivity index (χ0v) is 26.6. The zero-order chi connectivity index (χ0) is 30.7. The number of aryl methyl sites for hydroxylation is 1. The average Bonchev–Trinajstić information content (AvgIpc) is 3.22. The Labute approximate surface area is 253 Å². The molecular formula is C38H52O4. The molecule has 0 aromatic heterocycles. The normalized spacial score (nSPS) is 30.9. The van der Waals surface area contributed by atoms with Gasteiger partial charge in [-0.3, -0.25) is 0 Å². The van der Waals surface area contributed by atoms with Crippen molar-refractivity contribution in [2.24, 2.45) is 22.7 Å². The fraction of sp³-hybridized carbons (Fsp3) is 0.553. The zero-order valence-electron chi connectivity index (χ0n) is 26.6. The van der Waals surface area contributed by atoms with E-state index in [1.807, 2.05) is 24.3 Å². The summed E-state index contributed by atoms with van der Waals surface area (Å²) in [7, 11) is 0. The highest BCUT2D eigenvalue weighted by atomic mass is 16.4. The highest BCUT2D eigenvalue weighted by molar-refractivity contribution is 5.81. The Bertz CT molecular complexity index is 1310. The molecule has 0 spiro atoms. The summed E-state index contributed by atoms with van der Waals surface area (Å²) in [6.45, 7) is 13.0. The third kappa shape index (κ3) is 7.19. The van der Waals surface area contributed by atoms with Gasteiger partial charge in [0.15, 0.2) is 0 Å². The van der Waals surface area contributed by atoms with E-state index < -0.39 is 5.97 Å². The van der Waals surface area contributed by atoms with E-state index in [2.05, 4.69) is 52.8 Å². The van der Waals surface area contributed by atoms with Crippen LogP contribution < -0.4 is 0 Å². The van der Waals surface area contributed by atoms with E-state index >= 15 is 0 Å². The van der Waals surface area contributed by atoms with E-state index in [0.29, 0.717) is 17.6 Å². The molecule has 0 unspecified atom stereocenters. The summed E-state index contributed by atoms with van der Waals surface area (Å²) in [4.78, 5) is 10.5. The number of fused-ring (bicyclic) bond motifs is 5. The van der Waals surface area contributed by atoms with Crippen molar-refractivity contribution >= 4 is 5.97 Å². The number of carboxylic acid groups (broad SMARTS) is 1. The second kappa shape index (κ2) is 13.2. The van der Waals surface area contributed by atoms with Crippen LogP contribution >= 0.6 is 0 Å². The van der Waals surface area contributed by atoms with Gasteiger partial charge in [0.25, 0.3) is 0 Å². The number of phenols is 1. The number of phenolic OH excluding ortho intramolecular Hbond substituents is 1. The number of rotatable bonds is 5. The van der Waals surface area contributed by atoms with Crippen molar-refractivity contribution in [2.75, 3.05) is 0 Å².